The van der Waals surface area contributed by atoms with Gasteiger partial charge in [0, 0.05) is 18.7 Å². The minimum atomic E-state index is -0.516. The van der Waals surface area contributed by atoms with Gasteiger partial charge in [-0.1, -0.05) is 18.2 Å². The van der Waals surface area contributed by atoms with Gasteiger partial charge in [0.15, 0.2) is 0 Å². The minimum absolute atomic E-state index is 0.0745. The molecule has 0 aromatic heterocycles. The predicted octanol–water partition coefficient (Wildman–Crippen LogP) is 2.71. The van der Waals surface area contributed by atoms with E-state index in [2.05, 4.69) is 11.9 Å². The summed E-state index contributed by atoms with van der Waals surface area (Å²) in [4.78, 5) is 20.9. The Balaban J connectivity index is 2.30. The largest absolute Gasteiger partial charge is 0.492 e. The molecule has 0 saturated heterocycles. The number of nitro groups is 1. The number of ether oxygens (including phenoxy) is 1. The quantitative estimate of drug-likeness (QED) is 0.346. The fourth-order valence-electron chi connectivity index (χ4n) is 1.41. The molecule has 1 amide bonds. The zero-order chi connectivity index (χ0) is 15.0. The molecular formula is C13H15ClN2O4. The first kappa shape index (κ1) is 16.0. The Morgan fingerprint density at radius 1 is 1.50 bits per heavy atom. The molecule has 0 bridgehead atoms. The lowest BCUT2D eigenvalue weighted by atomic mass is 10.3. The van der Waals surface area contributed by atoms with Crippen molar-refractivity contribution in [3.8, 4) is 5.75 Å². The van der Waals surface area contributed by atoms with Crippen LogP contribution in [0.1, 0.15) is 12.8 Å². The normalized spacial score (nSPS) is 9.85. The van der Waals surface area contributed by atoms with Gasteiger partial charge in [-0.2, -0.15) is 0 Å². The lowest BCUT2D eigenvalue weighted by Gasteiger charge is -2.08. The summed E-state index contributed by atoms with van der Waals surface area (Å²) >= 11 is 5.88. The lowest BCUT2D eigenvalue weighted by molar-refractivity contribution is -0.384. The van der Waals surface area contributed by atoms with Gasteiger partial charge in [-0.05, 0) is 25.0 Å². The molecule has 0 fully saturated rings. The monoisotopic (exact) mass is 298 g/mol. The van der Waals surface area contributed by atoms with Crippen molar-refractivity contribution >= 4 is 23.2 Å². The molecule has 0 heterocycles. The number of nitrogens with one attached hydrogen (secondary N) is 1. The fourth-order valence-corrected chi connectivity index (χ4v) is 1.64. The topological polar surface area (TPSA) is 81.5 Å². The molecule has 108 valence electrons. The molecule has 0 radical (unpaired) electrons. The van der Waals surface area contributed by atoms with Crippen LogP contribution in [-0.4, -0.2) is 24.0 Å². The average Bonchev–Trinajstić information content (AvgIpc) is 2.43. The van der Waals surface area contributed by atoms with Crippen molar-refractivity contribution in [2.75, 3.05) is 13.2 Å². The number of halogens is 1. The Morgan fingerprint density at radius 3 is 2.85 bits per heavy atom. The number of unbranched alkanes of at least 4 members (excludes halogenated alkanes) is 1. The molecule has 0 unspecified atom stereocenters. The van der Waals surface area contributed by atoms with Crippen LogP contribution in [0, 0.1) is 10.1 Å². The van der Waals surface area contributed by atoms with Crippen LogP contribution in [-0.2, 0) is 4.79 Å². The van der Waals surface area contributed by atoms with Crippen molar-refractivity contribution in [3.63, 3.8) is 0 Å². The van der Waals surface area contributed by atoms with Crippen molar-refractivity contribution < 1.29 is 14.5 Å². The first-order valence-electron chi connectivity index (χ1n) is 6.01. The van der Waals surface area contributed by atoms with Crippen LogP contribution in [0.3, 0.4) is 0 Å². The number of carbonyl (C=O) groups is 1. The summed E-state index contributed by atoms with van der Waals surface area (Å²) in [5.74, 6) is 0.205. The molecule has 1 aromatic carbocycles. The van der Waals surface area contributed by atoms with Crippen molar-refractivity contribution in [1.82, 2.24) is 5.32 Å². The van der Waals surface area contributed by atoms with Gasteiger partial charge in [0.05, 0.1) is 16.6 Å². The van der Waals surface area contributed by atoms with E-state index >= 15 is 0 Å². The summed E-state index contributed by atoms with van der Waals surface area (Å²) in [6.07, 6.45) is 2.70. The van der Waals surface area contributed by atoms with Crippen LogP contribution in [0.5, 0.6) is 5.75 Å². The van der Waals surface area contributed by atoms with E-state index in [1.165, 1.54) is 24.3 Å². The number of hydrogen-bond acceptors (Lipinski definition) is 4. The highest BCUT2D eigenvalue weighted by atomic mass is 35.5. The number of rotatable bonds is 8. The van der Waals surface area contributed by atoms with Gasteiger partial charge in [-0.15, -0.1) is 0 Å². The molecule has 0 spiro atoms. The number of nitro benzene ring substituents is 1. The highest BCUT2D eigenvalue weighted by Gasteiger charge is 2.09. The van der Waals surface area contributed by atoms with Gasteiger partial charge in [-0.3, -0.25) is 14.9 Å². The second kappa shape index (κ2) is 8.16. The molecule has 0 atom stereocenters. The Labute approximate surface area is 121 Å². The summed E-state index contributed by atoms with van der Waals surface area (Å²) in [6.45, 7) is 4.31. The van der Waals surface area contributed by atoms with Crippen LogP contribution in [0.15, 0.2) is 30.9 Å². The van der Waals surface area contributed by atoms with E-state index in [9.17, 15) is 14.9 Å². The Hall–Kier alpha value is -2.08. The molecule has 6 nitrogen and oxygen atoms in total. The summed E-state index contributed by atoms with van der Waals surface area (Å²) in [6, 6.07) is 4.06. The van der Waals surface area contributed by atoms with Gasteiger partial charge in [0.1, 0.15) is 5.75 Å². The number of carbonyl (C=O) groups excluding carboxylic acids is 1. The molecule has 20 heavy (non-hydrogen) atoms. The molecule has 0 aliphatic carbocycles. The molecule has 1 aromatic rings. The summed E-state index contributed by atoms with van der Waals surface area (Å²) in [5, 5.41) is 13.4. The number of non-ortho nitro benzene ring substituents is 1. The van der Waals surface area contributed by atoms with Gasteiger partial charge < -0.3 is 10.1 Å². The van der Waals surface area contributed by atoms with Crippen LogP contribution >= 0.6 is 11.6 Å². The highest BCUT2D eigenvalue weighted by molar-refractivity contribution is 6.32. The van der Waals surface area contributed by atoms with Crippen molar-refractivity contribution in [1.29, 1.82) is 0 Å². The Bertz CT molecular complexity index is 505. The fraction of sp³-hybridized carbons (Fsp3) is 0.308. The third-order valence-electron chi connectivity index (χ3n) is 2.44. The zero-order valence-electron chi connectivity index (χ0n) is 10.8. The zero-order valence-corrected chi connectivity index (χ0v) is 11.6. The van der Waals surface area contributed by atoms with Crippen LogP contribution < -0.4 is 10.1 Å². The molecule has 1 rings (SSSR count). The van der Waals surface area contributed by atoms with Gasteiger partial charge in [0.25, 0.3) is 5.69 Å². The maximum Gasteiger partial charge on any atom is 0.271 e. The highest BCUT2D eigenvalue weighted by Crippen LogP contribution is 2.28. The van der Waals surface area contributed by atoms with E-state index in [1.54, 1.807) is 0 Å². The van der Waals surface area contributed by atoms with Crippen LogP contribution in [0.4, 0.5) is 5.69 Å². The first-order valence-corrected chi connectivity index (χ1v) is 6.39. The SMILES string of the molecule is C=CC(=O)NCCCCOc1ccc([N+](=O)[O-])cc1Cl. The smallest absolute Gasteiger partial charge is 0.271 e. The molecule has 7 heteroatoms. The van der Waals surface area contributed by atoms with Crippen molar-refractivity contribution in [3.05, 3.63) is 46.0 Å². The van der Waals surface area contributed by atoms with Crippen molar-refractivity contribution in [2.45, 2.75) is 12.8 Å². The maximum atomic E-state index is 10.9. The van der Waals surface area contributed by atoms with Crippen molar-refractivity contribution in [2.24, 2.45) is 0 Å². The number of amides is 1. The molecule has 0 saturated carbocycles. The number of hydrogen-bond donors (Lipinski definition) is 1. The maximum absolute atomic E-state index is 10.9. The predicted molar refractivity (Wildman–Crippen MR) is 76.0 cm³/mol. The standard InChI is InChI=1S/C13H15ClN2O4/c1-2-13(17)15-7-3-4-8-20-12-6-5-10(16(18)19)9-11(12)14/h2,5-6,9H,1,3-4,7-8H2,(H,15,17). The van der Waals surface area contributed by atoms with Gasteiger partial charge in [0.2, 0.25) is 5.91 Å². The second-order valence-corrected chi connectivity index (χ2v) is 4.33. The minimum Gasteiger partial charge on any atom is -0.492 e. The first-order chi connectivity index (χ1) is 9.54. The molecule has 0 aliphatic rings. The second-order valence-electron chi connectivity index (χ2n) is 3.92. The summed E-state index contributed by atoms with van der Waals surface area (Å²) in [7, 11) is 0. The van der Waals surface area contributed by atoms with Gasteiger partial charge >= 0.3 is 0 Å². The lowest BCUT2D eigenvalue weighted by Crippen LogP contribution is -2.22. The van der Waals surface area contributed by atoms with E-state index in [4.69, 9.17) is 16.3 Å². The van der Waals surface area contributed by atoms with E-state index in [0.29, 0.717) is 18.9 Å². The summed E-state index contributed by atoms with van der Waals surface area (Å²) < 4.78 is 5.42. The van der Waals surface area contributed by atoms with Crippen LogP contribution in [0.2, 0.25) is 5.02 Å². The number of benzene rings is 1. The van der Waals surface area contributed by atoms with E-state index in [1.807, 2.05) is 0 Å². The summed E-state index contributed by atoms with van der Waals surface area (Å²) in [5.41, 5.74) is -0.0745. The molecule has 1 N–H and O–H groups in total. The Kier molecular flexibility index (Phi) is 6.52. The third-order valence-corrected chi connectivity index (χ3v) is 2.73. The Morgan fingerprint density at radius 2 is 2.25 bits per heavy atom. The average molecular weight is 299 g/mol. The van der Waals surface area contributed by atoms with E-state index < -0.39 is 4.92 Å². The van der Waals surface area contributed by atoms with Crippen LogP contribution in [0.25, 0.3) is 0 Å². The molecular weight excluding hydrogens is 284 g/mol. The van der Waals surface area contributed by atoms with E-state index in [0.717, 1.165) is 12.8 Å². The number of nitrogens with zero attached hydrogens (tertiary/aromatic N) is 1. The van der Waals surface area contributed by atoms with E-state index in [-0.39, 0.29) is 16.6 Å². The van der Waals surface area contributed by atoms with Gasteiger partial charge in [-0.25, -0.2) is 0 Å². The third kappa shape index (κ3) is 5.27. The molecule has 0 aliphatic heterocycles.